The van der Waals surface area contributed by atoms with Crippen molar-refractivity contribution in [3.8, 4) is 5.75 Å². The van der Waals surface area contributed by atoms with Gasteiger partial charge in [0.15, 0.2) is 6.10 Å². The van der Waals surface area contributed by atoms with Gasteiger partial charge in [0.25, 0.3) is 5.91 Å². The second-order valence-corrected chi connectivity index (χ2v) is 2.93. The molecule has 0 bridgehead atoms. The highest BCUT2D eigenvalue weighted by Crippen LogP contribution is 2.10. The second-order valence-electron chi connectivity index (χ2n) is 2.93. The quantitative estimate of drug-likeness (QED) is 0.765. The molecule has 0 saturated carbocycles. The van der Waals surface area contributed by atoms with Gasteiger partial charge in [0.2, 0.25) is 0 Å². The van der Waals surface area contributed by atoms with E-state index in [0.717, 1.165) is 0 Å². The number of rotatable bonds is 3. The molecule has 5 heteroatoms. The third-order valence-electron chi connectivity index (χ3n) is 1.67. The number of imide groups is 1. The molecular formula is C10H12N2O3. The van der Waals surface area contributed by atoms with Gasteiger partial charge in [-0.2, -0.15) is 0 Å². The fraction of sp³-hybridized carbons (Fsp3) is 0.200. The molecule has 0 aromatic heterocycles. The Bertz CT molecular complexity index is 351. The summed E-state index contributed by atoms with van der Waals surface area (Å²) in [5.74, 6) is -0.00373. The van der Waals surface area contributed by atoms with Crippen LogP contribution < -0.4 is 15.8 Å². The van der Waals surface area contributed by atoms with E-state index in [1.807, 2.05) is 11.4 Å². The molecule has 3 N–H and O–H groups in total. The summed E-state index contributed by atoms with van der Waals surface area (Å²) in [6.45, 7) is 1.53. The van der Waals surface area contributed by atoms with E-state index in [1.165, 1.54) is 6.92 Å². The number of urea groups is 1. The minimum Gasteiger partial charge on any atom is -0.481 e. The summed E-state index contributed by atoms with van der Waals surface area (Å²) >= 11 is 0. The zero-order chi connectivity index (χ0) is 11.3. The Morgan fingerprint density at radius 1 is 1.33 bits per heavy atom. The number of benzene rings is 1. The number of carbonyl (C=O) groups excluding carboxylic acids is 2. The Kier molecular flexibility index (Phi) is 3.68. The molecule has 3 amide bonds. The minimum absolute atomic E-state index is 0.560. The Hall–Kier alpha value is -2.04. The van der Waals surface area contributed by atoms with Crippen LogP contribution in [0, 0.1) is 0 Å². The van der Waals surface area contributed by atoms with Crippen LogP contribution in [0.25, 0.3) is 0 Å². The number of hydrogen-bond acceptors (Lipinski definition) is 3. The molecule has 1 atom stereocenters. The van der Waals surface area contributed by atoms with Crippen molar-refractivity contribution in [1.82, 2.24) is 5.32 Å². The predicted molar refractivity (Wildman–Crippen MR) is 54.3 cm³/mol. The third-order valence-corrected chi connectivity index (χ3v) is 1.67. The van der Waals surface area contributed by atoms with Gasteiger partial charge in [-0.1, -0.05) is 18.2 Å². The number of hydrogen-bond donors (Lipinski definition) is 2. The van der Waals surface area contributed by atoms with Crippen LogP contribution >= 0.6 is 0 Å². The predicted octanol–water partition coefficient (Wildman–Crippen LogP) is 0.649. The SMILES string of the molecule is C[C@@H](Oc1ccccc1)C(=O)NC(N)=O. The summed E-state index contributed by atoms with van der Waals surface area (Å²) in [5, 5.41) is 1.94. The first-order valence-electron chi connectivity index (χ1n) is 4.41. The lowest BCUT2D eigenvalue weighted by atomic mass is 10.3. The van der Waals surface area contributed by atoms with Gasteiger partial charge in [0.05, 0.1) is 0 Å². The van der Waals surface area contributed by atoms with Crippen molar-refractivity contribution in [2.24, 2.45) is 5.73 Å². The van der Waals surface area contributed by atoms with Gasteiger partial charge in [0, 0.05) is 0 Å². The van der Waals surface area contributed by atoms with Gasteiger partial charge in [-0.15, -0.1) is 0 Å². The number of nitrogens with one attached hydrogen (secondary N) is 1. The van der Waals surface area contributed by atoms with Crippen LogP contribution in [0.1, 0.15) is 6.92 Å². The lowest BCUT2D eigenvalue weighted by molar-refractivity contribution is -0.126. The molecule has 1 aromatic carbocycles. The fourth-order valence-corrected chi connectivity index (χ4v) is 0.980. The number of ether oxygens (including phenoxy) is 1. The molecule has 0 saturated heterocycles. The first-order chi connectivity index (χ1) is 7.09. The lowest BCUT2D eigenvalue weighted by Crippen LogP contribution is -2.42. The maximum atomic E-state index is 11.2. The van der Waals surface area contributed by atoms with Crippen LogP contribution in [0.15, 0.2) is 30.3 Å². The molecule has 1 aromatic rings. The molecule has 0 fully saturated rings. The molecular weight excluding hydrogens is 196 g/mol. The Balaban J connectivity index is 2.52. The standard InChI is InChI=1S/C10H12N2O3/c1-7(9(13)12-10(11)14)15-8-5-3-2-4-6-8/h2-7H,1H3,(H3,11,12,13,14)/t7-/m1/s1. The highest BCUT2D eigenvalue weighted by Gasteiger charge is 2.15. The highest BCUT2D eigenvalue weighted by atomic mass is 16.5. The van der Waals surface area contributed by atoms with Crippen molar-refractivity contribution in [2.45, 2.75) is 13.0 Å². The second kappa shape index (κ2) is 4.99. The van der Waals surface area contributed by atoms with E-state index in [2.05, 4.69) is 0 Å². The molecule has 0 heterocycles. The zero-order valence-corrected chi connectivity index (χ0v) is 8.27. The fourth-order valence-electron chi connectivity index (χ4n) is 0.980. The smallest absolute Gasteiger partial charge is 0.318 e. The monoisotopic (exact) mass is 208 g/mol. The molecule has 0 unspecified atom stereocenters. The average molecular weight is 208 g/mol. The van der Waals surface area contributed by atoms with Crippen molar-refractivity contribution in [3.05, 3.63) is 30.3 Å². The van der Waals surface area contributed by atoms with Gasteiger partial charge >= 0.3 is 6.03 Å². The van der Waals surface area contributed by atoms with E-state index in [1.54, 1.807) is 24.3 Å². The van der Waals surface area contributed by atoms with Gasteiger partial charge in [-0.3, -0.25) is 10.1 Å². The van der Waals surface area contributed by atoms with Crippen LogP contribution in [0.5, 0.6) is 5.75 Å². The van der Waals surface area contributed by atoms with Crippen molar-refractivity contribution in [2.75, 3.05) is 0 Å². The third kappa shape index (κ3) is 3.68. The first kappa shape index (κ1) is 11.0. The average Bonchev–Trinajstić information content (AvgIpc) is 2.18. The number of para-hydroxylation sites is 1. The molecule has 5 nitrogen and oxygen atoms in total. The zero-order valence-electron chi connectivity index (χ0n) is 8.27. The van der Waals surface area contributed by atoms with Crippen LogP contribution in [0.3, 0.4) is 0 Å². The maximum absolute atomic E-state index is 11.2. The normalized spacial score (nSPS) is 11.5. The highest BCUT2D eigenvalue weighted by molar-refractivity contribution is 5.95. The Labute approximate surface area is 87.2 Å². The van der Waals surface area contributed by atoms with E-state index < -0.39 is 18.0 Å². The number of amides is 3. The minimum atomic E-state index is -0.886. The molecule has 0 radical (unpaired) electrons. The van der Waals surface area contributed by atoms with Crippen molar-refractivity contribution < 1.29 is 14.3 Å². The summed E-state index contributed by atoms with van der Waals surface area (Å²) < 4.78 is 5.26. The molecule has 15 heavy (non-hydrogen) atoms. The van der Waals surface area contributed by atoms with E-state index >= 15 is 0 Å². The van der Waals surface area contributed by atoms with Gasteiger partial charge in [-0.05, 0) is 19.1 Å². The summed E-state index contributed by atoms with van der Waals surface area (Å²) in [4.78, 5) is 21.6. The first-order valence-corrected chi connectivity index (χ1v) is 4.41. The summed E-state index contributed by atoms with van der Waals surface area (Å²) in [6, 6.07) is 7.95. The largest absolute Gasteiger partial charge is 0.481 e. The molecule has 80 valence electrons. The number of primary amides is 1. The number of carbonyl (C=O) groups is 2. The summed E-state index contributed by atoms with van der Waals surface area (Å²) in [7, 11) is 0. The summed E-state index contributed by atoms with van der Waals surface area (Å²) in [6.07, 6.45) is -0.764. The van der Waals surface area contributed by atoms with Crippen LogP contribution in [0.4, 0.5) is 4.79 Å². The molecule has 0 aliphatic carbocycles. The molecule has 0 aliphatic heterocycles. The Morgan fingerprint density at radius 3 is 2.47 bits per heavy atom. The molecule has 0 spiro atoms. The van der Waals surface area contributed by atoms with Gasteiger partial charge < -0.3 is 10.5 Å². The van der Waals surface area contributed by atoms with Crippen molar-refractivity contribution >= 4 is 11.9 Å². The van der Waals surface area contributed by atoms with E-state index in [9.17, 15) is 9.59 Å². The van der Waals surface area contributed by atoms with Crippen molar-refractivity contribution in [3.63, 3.8) is 0 Å². The van der Waals surface area contributed by atoms with Gasteiger partial charge in [0.1, 0.15) is 5.75 Å². The molecule has 0 aliphatic rings. The maximum Gasteiger partial charge on any atom is 0.318 e. The number of nitrogens with two attached hydrogens (primary N) is 1. The lowest BCUT2D eigenvalue weighted by Gasteiger charge is -2.12. The van der Waals surface area contributed by atoms with Crippen LogP contribution in [-0.4, -0.2) is 18.0 Å². The molecule has 1 rings (SSSR count). The summed E-state index contributed by atoms with van der Waals surface area (Å²) in [5.41, 5.74) is 4.80. The van der Waals surface area contributed by atoms with E-state index in [0.29, 0.717) is 5.75 Å². The van der Waals surface area contributed by atoms with Crippen LogP contribution in [0.2, 0.25) is 0 Å². The van der Waals surface area contributed by atoms with E-state index in [4.69, 9.17) is 10.5 Å². The Morgan fingerprint density at radius 2 is 1.93 bits per heavy atom. The van der Waals surface area contributed by atoms with Crippen LogP contribution in [-0.2, 0) is 4.79 Å². The topological polar surface area (TPSA) is 81.4 Å². The van der Waals surface area contributed by atoms with E-state index in [-0.39, 0.29) is 0 Å². The van der Waals surface area contributed by atoms with Crippen molar-refractivity contribution in [1.29, 1.82) is 0 Å². The van der Waals surface area contributed by atoms with Gasteiger partial charge in [-0.25, -0.2) is 4.79 Å².